The molecule has 2 rings (SSSR count). The van der Waals surface area contributed by atoms with Gasteiger partial charge in [-0.15, -0.1) is 0 Å². The Hall–Kier alpha value is -1.11. The Labute approximate surface area is 132 Å². The first kappa shape index (κ1) is 17.2. The van der Waals surface area contributed by atoms with E-state index < -0.39 is 9.84 Å². The lowest BCUT2D eigenvalue weighted by Gasteiger charge is -2.27. The van der Waals surface area contributed by atoms with Gasteiger partial charge in [0.1, 0.15) is 0 Å². The zero-order chi connectivity index (χ0) is 16.2. The summed E-state index contributed by atoms with van der Waals surface area (Å²) in [6, 6.07) is -0.282. The number of carbonyl (C=O) groups excluding carboxylic acids is 2. The van der Waals surface area contributed by atoms with Crippen LogP contribution in [0, 0.1) is 5.92 Å². The molecule has 7 heteroatoms. The maximum atomic E-state index is 12.2. The average molecular weight is 331 g/mol. The lowest BCUT2D eigenvalue weighted by atomic mass is 9.89. The van der Waals surface area contributed by atoms with Crippen LogP contribution in [-0.2, 0) is 24.2 Å². The monoisotopic (exact) mass is 331 g/mol. The molecule has 0 aromatic rings. The van der Waals surface area contributed by atoms with E-state index in [1.807, 2.05) is 6.92 Å². The van der Waals surface area contributed by atoms with Crippen molar-refractivity contribution in [2.75, 3.05) is 24.7 Å². The predicted octanol–water partition coefficient (Wildman–Crippen LogP) is 1.15. The Bertz CT molecular complexity index is 510. The summed E-state index contributed by atoms with van der Waals surface area (Å²) in [7, 11) is -3.03. The molecule has 1 aliphatic carbocycles. The van der Waals surface area contributed by atoms with E-state index in [0.717, 1.165) is 32.1 Å². The Morgan fingerprint density at radius 1 is 1.14 bits per heavy atom. The lowest BCUT2D eigenvalue weighted by molar-refractivity contribution is -0.157. The first-order valence-electron chi connectivity index (χ1n) is 8.09. The van der Waals surface area contributed by atoms with Gasteiger partial charge in [-0.2, -0.15) is 0 Å². The van der Waals surface area contributed by atoms with Gasteiger partial charge in [-0.05, 0) is 26.2 Å². The number of hydrogen-bond acceptors (Lipinski definition) is 5. The van der Waals surface area contributed by atoms with Crippen LogP contribution in [0.1, 0.15) is 45.4 Å². The van der Waals surface area contributed by atoms with Gasteiger partial charge in [-0.1, -0.05) is 19.3 Å². The van der Waals surface area contributed by atoms with Crippen molar-refractivity contribution in [3.63, 3.8) is 0 Å². The van der Waals surface area contributed by atoms with Crippen LogP contribution in [0.3, 0.4) is 0 Å². The molecular weight excluding hydrogens is 306 g/mol. The van der Waals surface area contributed by atoms with Crippen LogP contribution in [0.4, 0.5) is 0 Å². The molecule has 0 N–H and O–H groups in total. The molecule has 0 radical (unpaired) electrons. The van der Waals surface area contributed by atoms with Gasteiger partial charge in [0.05, 0.1) is 17.4 Å². The van der Waals surface area contributed by atoms with Gasteiger partial charge in [0.25, 0.3) is 5.91 Å². The van der Waals surface area contributed by atoms with Crippen LogP contribution < -0.4 is 0 Å². The van der Waals surface area contributed by atoms with Gasteiger partial charge in [0, 0.05) is 12.6 Å². The fourth-order valence-corrected chi connectivity index (χ4v) is 5.06. The molecule has 1 unspecified atom stereocenters. The minimum Gasteiger partial charge on any atom is -0.455 e. The second kappa shape index (κ2) is 7.44. The number of esters is 1. The smallest absolute Gasteiger partial charge is 0.309 e. The summed E-state index contributed by atoms with van der Waals surface area (Å²) in [5.74, 6) is -0.521. The number of rotatable bonds is 5. The highest BCUT2D eigenvalue weighted by atomic mass is 32.2. The molecule has 126 valence electrons. The standard InChI is InChI=1S/C15H25NO5S/c1-2-16(13-8-9-22(19,20)11-13)14(17)10-21-15(18)12-6-4-3-5-7-12/h12-13H,2-11H2,1H3. The van der Waals surface area contributed by atoms with Gasteiger partial charge in [0.2, 0.25) is 0 Å². The number of nitrogens with zero attached hydrogens (tertiary/aromatic N) is 1. The summed E-state index contributed by atoms with van der Waals surface area (Å²) in [5, 5.41) is 0. The number of ether oxygens (including phenoxy) is 1. The van der Waals surface area contributed by atoms with Gasteiger partial charge >= 0.3 is 5.97 Å². The molecule has 2 fully saturated rings. The molecule has 1 aliphatic heterocycles. The van der Waals surface area contributed by atoms with E-state index in [-0.39, 0.29) is 41.9 Å². The van der Waals surface area contributed by atoms with Crippen LogP contribution in [0.25, 0.3) is 0 Å². The minimum absolute atomic E-state index is 0.0170. The molecule has 0 spiro atoms. The predicted molar refractivity (Wildman–Crippen MR) is 82.0 cm³/mol. The highest BCUT2D eigenvalue weighted by Gasteiger charge is 2.34. The minimum atomic E-state index is -3.03. The van der Waals surface area contributed by atoms with Crippen molar-refractivity contribution in [1.82, 2.24) is 4.90 Å². The Balaban J connectivity index is 1.83. The lowest BCUT2D eigenvalue weighted by Crippen LogP contribution is -2.43. The molecule has 1 saturated carbocycles. The summed E-state index contributed by atoms with van der Waals surface area (Å²) in [5.41, 5.74) is 0. The number of carbonyl (C=O) groups is 2. The normalized spacial score (nSPS) is 24.9. The fourth-order valence-electron chi connectivity index (χ4n) is 3.33. The third-order valence-corrected chi connectivity index (χ3v) is 6.34. The van der Waals surface area contributed by atoms with E-state index in [0.29, 0.717) is 13.0 Å². The fraction of sp³-hybridized carbons (Fsp3) is 0.867. The maximum absolute atomic E-state index is 12.2. The van der Waals surface area contributed by atoms with Gasteiger partial charge < -0.3 is 9.64 Å². The van der Waals surface area contributed by atoms with E-state index in [1.54, 1.807) is 0 Å². The summed E-state index contributed by atoms with van der Waals surface area (Å²) in [6.07, 6.45) is 5.38. The van der Waals surface area contributed by atoms with E-state index in [4.69, 9.17) is 4.74 Å². The Kier molecular flexibility index (Phi) is 5.83. The summed E-state index contributed by atoms with van der Waals surface area (Å²) < 4.78 is 28.2. The van der Waals surface area contributed by atoms with E-state index in [1.165, 1.54) is 4.90 Å². The van der Waals surface area contributed by atoms with Crippen LogP contribution in [-0.4, -0.2) is 55.9 Å². The van der Waals surface area contributed by atoms with Crippen LogP contribution in [0.5, 0.6) is 0 Å². The number of hydrogen-bond donors (Lipinski definition) is 0. The molecule has 0 bridgehead atoms. The van der Waals surface area contributed by atoms with E-state index in [2.05, 4.69) is 0 Å². The van der Waals surface area contributed by atoms with Crippen molar-refractivity contribution in [3.8, 4) is 0 Å². The Morgan fingerprint density at radius 2 is 1.82 bits per heavy atom. The van der Waals surface area contributed by atoms with Gasteiger partial charge in [-0.3, -0.25) is 9.59 Å². The second-order valence-electron chi connectivity index (χ2n) is 6.18. The van der Waals surface area contributed by atoms with Crippen molar-refractivity contribution >= 4 is 21.7 Å². The molecule has 1 amide bonds. The van der Waals surface area contributed by atoms with Crippen LogP contribution in [0.2, 0.25) is 0 Å². The highest BCUT2D eigenvalue weighted by molar-refractivity contribution is 7.91. The van der Waals surface area contributed by atoms with Gasteiger partial charge in [0.15, 0.2) is 16.4 Å². The topological polar surface area (TPSA) is 80.8 Å². The van der Waals surface area contributed by atoms with E-state index >= 15 is 0 Å². The first-order valence-corrected chi connectivity index (χ1v) is 9.91. The summed E-state index contributed by atoms with van der Waals surface area (Å²) in [4.78, 5) is 25.7. The molecule has 0 aromatic heterocycles. The van der Waals surface area contributed by atoms with E-state index in [9.17, 15) is 18.0 Å². The third kappa shape index (κ3) is 4.44. The molecule has 2 aliphatic rings. The van der Waals surface area contributed by atoms with Crippen molar-refractivity contribution in [2.24, 2.45) is 5.92 Å². The summed E-state index contributed by atoms with van der Waals surface area (Å²) in [6.45, 7) is 1.96. The quantitative estimate of drug-likeness (QED) is 0.706. The molecular formula is C15H25NO5S. The highest BCUT2D eigenvalue weighted by Crippen LogP contribution is 2.24. The molecule has 0 aromatic carbocycles. The molecule has 22 heavy (non-hydrogen) atoms. The molecule has 1 saturated heterocycles. The first-order chi connectivity index (χ1) is 10.4. The van der Waals surface area contributed by atoms with Crippen molar-refractivity contribution < 1.29 is 22.7 Å². The Morgan fingerprint density at radius 3 is 2.36 bits per heavy atom. The molecule has 1 heterocycles. The second-order valence-corrected chi connectivity index (χ2v) is 8.41. The van der Waals surface area contributed by atoms with Crippen molar-refractivity contribution in [2.45, 2.75) is 51.5 Å². The zero-order valence-corrected chi connectivity index (χ0v) is 13.9. The number of amides is 1. The number of likely N-dealkylation sites (N-methyl/N-ethyl adjacent to an activating group) is 1. The van der Waals surface area contributed by atoms with Crippen LogP contribution in [0.15, 0.2) is 0 Å². The SMILES string of the molecule is CCN(C(=O)COC(=O)C1CCCCC1)C1CCS(=O)(=O)C1. The maximum Gasteiger partial charge on any atom is 0.309 e. The number of sulfone groups is 1. The molecule has 1 atom stereocenters. The molecule has 6 nitrogen and oxygen atoms in total. The van der Waals surface area contributed by atoms with Crippen molar-refractivity contribution in [1.29, 1.82) is 0 Å². The summed E-state index contributed by atoms with van der Waals surface area (Å²) >= 11 is 0. The van der Waals surface area contributed by atoms with Gasteiger partial charge in [-0.25, -0.2) is 8.42 Å². The van der Waals surface area contributed by atoms with Crippen molar-refractivity contribution in [3.05, 3.63) is 0 Å². The average Bonchev–Trinajstić information content (AvgIpc) is 2.86. The van der Waals surface area contributed by atoms with Crippen LogP contribution >= 0.6 is 0 Å². The largest absolute Gasteiger partial charge is 0.455 e. The zero-order valence-electron chi connectivity index (χ0n) is 13.1. The third-order valence-electron chi connectivity index (χ3n) is 4.59.